The number of aliphatic hydroxyl groups excluding tert-OH is 1. The van der Waals surface area contributed by atoms with Gasteiger partial charge >= 0.3 is 10.4 Å². The summed E-state index contributed by atoms with van der Waals surface area (Å²) in [7, 11) is -4.67. The van der Waals surface area contributed by atoms with Gasteiger partial charge in [-0.2, -0.15) is 8.42 Å². The average Bonchev–Trinajstić information content (AvgIpc) is 2.77. The first-order valence-electron chi connectivity index (χ1n) is 9.69. The van der Waals surface area contributed by atoms with Crippen molar-refractivity contribution in [1.82, 2.24) is 9.88 Å². The van der Waals surface area contributed by atoms with E-state index in [0.717, 1.165) is 0 Å². The Morgan fingerprint density at radius 1 is 1.27 bits per heavy atom. The van der Waals surface area contributed by atoms with Gasteiger partial charge in [-0.3, -0.25) is 23.7 Å². The number of aliphatic hydroxyl groups is 1. The summed E-state index contributed by atoms with van der Waals surface area (Å²) in [6.45, 7) is 1.09. The molecule has 0 saturated carbocycles. The van der Waals surface area contributed by atoms with E-state index in [1.54, 1.807) is 35.4 Å². The lowest BCUT2D eigenvalue weighted by molar-refractivity contribution is -0.0152. The molecular weight excluding hydrogens is 460 g/mol. The molecule has 1 saturated heterocycles. The lowest BCUT2D eigenvalue weighted by atomic mass is 10.1. The second-order valence-electron chi connectivity index (χ2n) is 6.76. The molecule has 1 aliphatic heterocycles. The van der Waals surface area contributed by atoms with Gasteiger partial charge in [-0.05, 0) is 24.3 Å². The van der Waals surface area contributed by atoms with Gasteiger partial charge in [0.1, 0.15) is 18.1 Å². The average molecular weight is 484 g/mol. The third-order valence-corrected chi connectivity index (χ3v) is 4.55. The van der Waals surface area contributed by atoms with E-state index in [4.69, 9.17) is 27.0 Å². The second kappa shape index (κ2) is 12.2. The van der Waals surface area contributed by atoms with E-state index in [0.29, 0.717) is 37.1 Å². The number of pyridine rings is 1. The standard InChI is InChI=1S/C20H22N2O6.H2O4S/c23-9-6-17-15(3-2-7-21-17)20(26)22-8-10-27-12-14(22)13-28-19-5-1-4-18(25)16(19)11-24;1-5(2,3)4/h1-5,7,11,14,23,25H,6,8-10,12-13H2;(H2,1,2,3,4). The Morgan fingerprint density at radius 3 is 2.67 bits per heavy atom. The van der Waals surface area contributed by atoms with Crippen molar-refractivity contribution < 1.29 is 46.8 Å². The molecule has 180 valence electrons. The first-order valence-corrected chi connectivity index (χ1v) is 11.1. The molecule has 0 bridgehead atoms. The highest BCUT2D eigenvalue weighted by atomic mass is 32.3. The van der Waals surface area contributed by atoms with E-state index < -0.39 is 10.4 Å². The van der Waals surface area contributed by atoms with Crippen LogP contribution in [0.25, 0.3) is 0 Å². The molecule has 0 aliphatic carbocycles. The summed E-state index contributed by atoms with van der Waals surface area (Å²) in [5.41, 5.74) is 1.04. The number of aromatic nitrogens is 1. The minimum Gasteiger partial charge on any atom is -0.507 e. The Labute approximate surface area is 190 Å². The molecule has 4 N–H and O–H groups in total. The van der Waals surface area contributed by atoms with E-state index in [1.165, 1.54) is 6.07 Å². The van der Waals surface area contributed by atoms with Crippen LogP contribution in [-0.2, 0) is 21.6 Å². The van der Waals surface area contributed by atoms with Crippen molar-refractivity contribution in [3.05, 3.63) is 53.3 Å². The van der Waals surface area contributed by atoms with Crippen molar-refractivity contribution in [2.75, 3.05) is 33.0 Å². The van der Waals surface area contributed by atoms with Gasteiger partial charge in [-0.1, -0.05) is 6.07 Å². The summed E-state index contributed by atoms with van der Waals surface area (Å²) in [5, 5.41) is 19.0. The number of morpholine rings is 1. The molecule has 0 radical (unpaired) electrons. The predicted octanol–water partition coefficient (Wildman–Crippen LogP) is 0.402. The maximum absolute atomic E-state index is 13.1. The number of phenols is 1. The van der Waals surface area contributed by atoms with Crippen molar-refractivity contribution in [1.29, 1.82) is 0 Å². The van der Waals surface area contributed by atoms with Crippen LogP contribution in [0, 0.1) is 0 Å². The van der Waals surface area contributed by atoms with E-state index in [2.05, 4.69) is 4.98 Å². The van der Waals surface area contributed by atoms with Gasteiger partial charge in [0.15, 0.2) is 6.29 Å². The summed E-state index contributed by atoms with van der Waals surface area (Å²) in [6, 6.07) is 7.57. The molecule has 1 fully saturated rings. The van der Waals surface area contributed by atoms with Crippen LogP contribution in [0.2, 0.25) is 0 Å². The Kier molecular flexibility index (Phi) is 9.69. The highest BCUT2D eigenvalue weighted by molar-refractivity contribution is 7.79. The zero-order valence-corrected chi connectivity index (χ0v) is 18.2. The molecule has 1 atom stereocenters. The number of phenolic OH excluding ortho intramolecular Hbond substituents is 1. The smallest absolute Gasteiger partial charge is 0.394 e. The first-order chi connectivity index (χ1) is 15.7. The third-order valence-electron chi connectivity index (χ3n) is 4.55. The van der Waals surface area contributed by atoms with Gasteiger partial charge in [0.05, 0.1) is 36.1 Å². The minimum absolute atomic E-state index is 0.0644. The number of carbonyl (C=O) groups is 2. The number of hydrogen-bond donors (Lipinski definition) is 4. The van der Waals surface area contributed by atoms with Gasteiger partial charge in [0.2, 0.25) is 0 Å². The van der Waals surface area contributed by atoms with Gasteiger partial charge in [0.25, 0.3) is 5.91 Å². The number of rotatable bonds is 7. The van der Waals surface area contributed by atoms with Gasteiger partial charge in [-0.25, -0.2) is 0 Å². The van der Waals surface area contributed by atoms with Crippen molar-refractivity contribution in [2.24, 2.45) is 0 Å². The topological polar surface area (TPSA) is 184 Å². The third kappa shape index (κ3) is 8.07. The van der Waals surface area contributed by atoms with Gasteiger partial charge < -0.3 is 24.6 Å². The Balaban J connectivity index is 0.000000696. The van der Waals surface area contributed by atoms with Crippen LogP contribution in [0.15, 0.2) is 36.5 Å². The van der Waals surface area contributed by atoms with Crippen LogP contribution in [0.1, 0.15) is 26.4 Å². The van der Waals surface area contributed by atoms with Crippen LogP contribution in [-0.4, -0.2) is 88.8 Å². The highest BCUT2D eigenvalue weighted by Crippen LogP contribution is 2.26. The molecule has 1 aliphatic rings. The maximum atomic E-state index is 13.1. The fraction of sp³-hybridized carbons (Fsp3) is 0.350. The summed E-state index contributed by atoms with van der Waals surface area (Å²) < 4.78 is 42.8. The number of carbonyl (C=O) groups excluding carboxylic acids is 2. The largest absolute Gasteiger partial charge is 0.507 e. The lowest BCUT2D eigenvalue weighted by Gasteiger charge is -2.35. The molecule has 1 unspecified atom stereocenters. The van der Waals surface area contributed by atoms with E-state index in [9.17, 15) is 19.8 Å². The van der Waals surface area contributed by atoms with Gasteiger partial charge in [0, 0.05) is 25.8 Å². The fourth-order valence-electron chi connectivity index (χ4n) is 3.12. The normalized spacial score (nSPS) is 15.8. The van der Waals surface area contributed by atoms with Crippen LogP contribution in [0.5, 0.6) is 11.5 Å². The Hall–Kier alpha value is -3.10. The maximum Gasteiger partial charge on any atom is 0.394 e. The SMILES string of the molecule is O=Cc1c(O)cccc1OCC1COCCN1C(=O)c1cccnc1CCO.O=S(=O)(O)O. The Bertz CT molecular complexity index is 1050. The van der Waals surface area contributed by atoms with Crippen LogP contribution in [0.3, 0.4) is 0 Å². The van der Waals surface area contributed by atoms with Crippen LogP contribution >= 0.6 is 0 Å². The molecule has 1 aromatic heterocycles. The molecule has 0 spiro atoms. The van der Waals surface area contributed by atoms with Crippen molar-refractivity contribution in [3.8, 4) is 11.5 Å². The summed E-state index contributed by atoms with van der Waals surface area (Å²) >= 11 is 0. The van der Waals surface area contributed by atoms with E-state index in [-0.39, 0.29) is 48.8 Å². The number of ether oxygens (including phenoxy) is 2. The molecule has 13 heteroatoms. The highest BCUT2D eigenvalue weighted by Gasteiger charge is 2.30. The molecule has 33 heavy (non-hydrogen) atoms. The molecule has 2 heterocycles. The van der Waals surface area contributed by atoms with E-state index in [1.807, 2.05) is 0 Å². The van der Waals surface area contributed by atoms with Crippen molar-refractivity contribution in [2.45, 2.75) is 12.5 Å². The predicted molar refractivity (Wildman–Crippen MR) is 114 cm³/mol. The summed E-state index contributed by atoms with van der Waals surface area (Å²) in [5.74, 6) is -0.125. The molecule has 2 aromatic rings. The van der Waals surface area contributed by atoms with Crippen molar-refractivity contribution >= 4 is 22.6 Å². The van der Waals surface area contributed by atoms with E-state index >= 15 is 0 Å². The van der Waals surface area contributed by atoms with Gasteiger partial charge in [-0.15, -0.1) is 0 Å². The Morgan fingerprint density at radius 2 is 2.00 bits per heavy atom. The second-order valence-corrected chi connectivity index (χ2v) is 7.66. The number of aromatic hydroxyl groups is 1. The molecule has 1 amide bonds. The first kappa shape index (κ1) is 26.2. The fourth-order valence-corrected chi connectivity index (χ4v) is 3.12. The number of aldehydes is 1. The zero-order chi connectivity index (χ0) is 24.4. The number of hydrogen-bond acceptors (Lipinski definition) is 9. The minimum atomic E-state index is -4.67. The molecular formula is C20H24N2O10S. The molecule has 12 nitrogen and oxygen atoms in total. The van der Waals surface area contributed by atoms with Crippen LogP contribution in [0.4, 0.5) is 0 Å². The monoisotopic (exact) mass is 484 g/mol. The van der Waals surface area contributed by atoms with Crippen molar-refractivity contribution in [3.63, 3.8) is 0 Å². The summed E-state index contributed by atoms with van der Waals surface area (Å²) in [6.07, 6.45) is 2.41. The number of nitrogens with zero attached hydrogens (tertiary/aromatic N) is 2. The summed E-state index contributed by atoms with van der Waals surface area (Å²) in [4.78, 5) is 30.1. The zero-order valence-electron chi connectivity index (χ0n) is 17.4. The lowest BCUT2D eigenvalue weighted by Crippen LogP contribution is -2.51. The molecule has 1 aromatic carbocycles. The van der Waals surface area contributed by atoms with Crippen LogP contribution < -0.4 is 4.74 Å². The molecule has 3 rings (SSSR count). The number of amides is 1. The number of benzene rings is 1. The quantitative estimate of drug-likeness (QED) is 0.315.